The maximum absolute atomic E-state index is 6.00. The maximum Gasteiger partial charge on any atom is 0.0957 e. The quantitative estimate of drug-likeness (QED) is 0.725. The lowest BCUT2D eigenvalue weighted by Crippen LogP contribution is -2.31. The van der Waals surface area contributed by atoms with Gasteiger partial charge in [-0.25, -0.2) is 0 Å². The molecular weight excluding hydrogens is 378 g/mol. The average Bonchev–Trinajstić information content (AvgIpc) is 2.70. The van der Waals surface area contributed by atoms with Crippen LogP contribution >= 0.6 is 43.2 Å². The molecule has 1 aliphatic heterocycles. The Morgan fingerprint density at radius 3 is 3.00 bits per heavy atom. The first-order chi connectivity index (χ1) is 8.72. The van der Waals surface area contributed by atoms with Crippen LogP contribution in [0.2, 0.25) is 0 Å². The minimum atomic E-state index is 0.260. The number of hydrogen-bond donors (Lipinski definition) is 1. The van der Waals surface area contributed by atoms with E-state index in [0.29, 0.717) is 5.92 Å². The molecule has 2 atom stereocenters. The Kier molecular flexibility index (Phi) is 6.15. The van der Waals surface area contributed by atoms with Gasteiger partial charge in [-0.15, -0.1) is 11.3 Å². The van der Waals surface area contributed by atoms with Crippen molar-refractivity contribution in [2.75, 3.05) is 19.7 Å². The molecule has 0 spiro atoms. The maximum atomic E-state index is 6.00. The van der Waals surface area contributed by atoms with Crippen molar-refractivity contribution in [3.05, 3.63) is 19.2 Å². The van der Waals surface area contributed by atoms with Crippen LogP contribution in [0.1, 0.15) is 37.2 Å². The molecule has 18 heavy (non-hydrogen) atoms. The number of thiophene rings is 1. The molecule has 0 amide bonds. The van der Waals surface area contributed by atoms with Crippen molar-refractivity contribution in [1.82, 2.24) is 5.32 Å². The van der Waals surface area contributed by atoms with Crippen molar-refractivity contribution in [3.63, 3.8) is 0 Å². The summed E-state index contributed by atoms with van der Waals surface area (Å²) in [4.78, 5) is 1.33. The van der Waals surface area contributed by atoms with Crippen LogP contribution in [0.4, 0.5) is 0 Å². The van der Waals surface area contributed by atoms with E-state index in [1.165, 1.54) is 24.1 Å². The molecule has 1 aliphatic rings. The van der Waals surface area contributed by atoms with E-state index < -0.39 is 0 Å². The van der Waals surface area contributed by atoms with Crippen LogP contribution in [-0.4, -0.2) is 19.7 Å². The summed E-state index contributed by atoms with van der Waals surface area (Å²) in [6, 6.07) is 2.19. The lowest BCUT2D eigenvalue weighted by Gasteiger charge is -2.31. The van der Waals surface area contributed by atoms with Crippen LogP contribution in [-0.2, 0) is 4.74 Å². The number of nitrogens with one attached hydrogen (secondary N) is 1. The normalized spacial score (nSPS) is 24.4. The second-order valence-electron chi connectivity index (χ2n) is 4.67. The zero-order chi connectivity index (χ0) is 13.0. The van der Waals surface area contributed by atoms with E-state index in [4.69, 9.17) is 4.74 Å². The molecule has 2 heterocycles. The van der Waals surface area contributed by atoms with Gasteiger partial charge in [0.05, 0.1) is 9.89 Å². The van der Waals surface area contributed by atoms with E-state index in [-0.39, 0.29) is 6.10 Å². The zero-order valence-corrected chi connectivity index (χ0v) is 14.5. The van der Waals surface area contributed by atoms with Gasteiger partial charge in [-0.2, -0.15) is 0 Å². The van der Waals surface area contributed by atoms with Crippen molar-refractivity contribution in [2.24, 2.45) is 5.92 Å². The molecule has 0 radical (unpaired) electrons. The molecule has 0 bridgehead atoms. The molecule has 1 N–H and O–H groups in total. The van der Waals surface area contributed by atoms with Crippen LogP contribution in [0.25, 0.3) is 0 Å². The Labute approximate surface area is 130 Å². The summed E-state index contributed by atoms with van der Waals surface area (Å²) in [7, 11) is 0. The van der Waals surface area contributed by atoms with Crippen molar-refractivity contribution < 1.29 is 4.74 Å². The molecular formula is C13H19Br2NOS. The summed E-state index contributed by atoms with van der Waals surface area (Å²) in [5.74, 6) is 0.600. The SMILES string of the molecule is CCCNCC1CCCOC1c1cc(Br)c(Br)s1. The van der Waals surface area contributed by atoms with E-state index in [0.717, 1.165) is 28.0 Å². The number of halogens is 2. The summed E-state index contributed by atoms with van der Waals surface area (Å²) in [6.45, 7) is 5.25. The lowest BCUT2D eigenvalue weighted by atomic mass is 9.93. The number of hydrogen-bond acceptors (Lipinski definition) is 3. The molecule has 0 saturated carbocycles. The van der Waals surface area contributed by atoms with E-state index in [2.05, 4.69) is 50.2 Å². The highest BCUT2D eigenvalue weighted by Gasteiger charge is 2.28. The third-order valence-corrected chi connectivity index (χ3v) is 6.54. The fourth-order valence-electron chi connectivity index (χ4n) is 2.33. The Bertz CT molecular complexity index is 364. The predicted molar refractivity (Wildman–Crippen MR) is 84.3 cm³/mol. The Morgan fingerprint density at radius 1 is 1.50 bits per heavy atom. The van der Waals surface area contributed by atoms with E-state index in [9.17, 15) is 0 Å². The first-order valence-corrected chi connectivity index (χ1v) is 8.89. The third-order valence-electron chi connectivity index (χ3n) is 3.22. The van der Waals surface area contributed by atoms with Gasteiger partial charge >= 0.3 is 0 Å². The van der Waals surface area contributed by atoms with Crippen molar-refractivity contribution in [3.8, 4) is 0 Å². The molecule has 0 aliphatic carbocycles. The minimum Gasteiger partial charge on any atom is -0.372 e. The molecule has 1 fully saturated rings. The van der Waals surface area contributed by atoms with Gasteiger partial charge in [0.2, 0.25) is 0 Å². The Balaban J connectivity index is 2.02. The monoisotopic (exact) mass is 395 g/mol. The standard InChI is InChI=1S/C13H19Br2NOS/c1-2-5-16-8-9-4-3-6-17-12(9)11-7-10(14)13(15)18-11/h7,9,12,16H,2-6,8H2,1H3. The van der Waals surface area contributed by atoms with Gasteiger partial charge in [0, 0.05) is 28.4 Å². The van der Waals surface area contributed by atoms with E-state index >= 15 is 0 Å². The lowest BCUT2D eigenvalue weighted by molar-refractivity contribution is -0.0255. The fourth-order valence-corrected chi connectivity index (χ4v) is 4.57. The van der Waals surface area contributed by atoms with Crippen molar-refractivity contribution in [1.29, 1.82) is 0 Å². The molecule has 1 aromatic heterocycles. The summed E-state index contributed by atoms with van der Waals surface area (Å²) in [5.41, 5.74) is 0. The Morgan fingerprint density at radius 2 is 2.33 bits per heavy atom. The minimum absolute atomic E-state index is 0.260. The molecule has 1 saturated heterocycles. The topological polar surface area (TPSA) is 21.3 Å². The number of rotatable bonds is 5. The summed E-state index contributed by atoms with van der Waals surface area (Å²) in [6.07, 6.45) is 3.89. The van der Waals surface area contributed by atoms with Crippen LogP contribution in [0.15, 0.2) is 14.3 Å². The molecule has 0 aromatic carbocycles. The van der Waals surface area contributed by atoms with Crippen LogP contribution in [0.3, 0.4) is 0 Å². The van der Waals surface area contributed by atoms with Gasteiger partial charge in [-0.05, 0) is 63.7 Å². The van der Waals surface area contributed by atoms with Gasteiger partial charge in [-0.3, -0.25) is 0 Å². The van der Waals surface area contributed by atoms with Crippen LogP contribution in [0, 0.1) is 5.92 Å². The molecule has 2 unspecified atom stereocenters. The summed E-state index contributed by atoms with van der Waals surface area (Å²) in [5, 5.41) is 3.53. The molecule has 1 aromatic rings. The van der Waals surface area contributed by atoms with E-state index in [1.54, 1.807) is 11.3 Å². The van der Waals surface area contributed by atoms with Gasteiger partial charge < -0.3 is 10.1 Å². The summed E-state index contributed by atoms with van der Waals surface area (Å²) >= 11 is 8.91. The smallest absolute Gasteiger partial charge is 0.0957 e. The summed E-state index contributed by atoms with van der Waals surface area (Å²) < 4.78 is 8.30. The second kappa shape index (κ2) is 7.39. The second-order valence-corrected chi connectivity index (χ2v) is 7.92. The highest BCUT2D eigenvalue weighted by Crippen LogP contribution is 2.41. The van der Waals surface area contributed by atoms with Gasteiger partial charge in [0.15, 0.2) is 0 Å². The van der Waals surface area contributed by atoms with Gasteiger partial charge in [0.25, 0.3) is 0 Å². The van der Waals surface area contributed by atoms with Crippen LogP contribution in [0.5, 0.6) is 0 Å². The van der Waals surface area contributed by atoms with Gasteiger partial charge in [0.1, 0.15) is 0 Å². The molecule has 5 heteroatoms. The highest BCUT2D eigenvalue weighted by molar-refractivity contribution is 9.13. The fraction of sp³-hybridized carbons (Fsp3) is 0.692. The molecule has 2 nitrogen and oxygen atoms in total. The first kappa shape index (κ1) is 15.0. The molecule has 102 valence electrons. The third kappa shape index (κ3) is 3.79. The largest absolute Gasteiger partial charge is 0.372 e. The van der Waals surface area contributed by atoms with Gasteiger partial charge in [-0.1, -0.05) is 6.92 Å². The van der Waals surface area contributed by atoms with Crippen molar-refractivity contribution >= 4 is 43.2 Å². The molecule has 2 rings (SSSR count). The van der Waals surface area contributed by atoms with Crippen LogP contribution < -0.4 is 5.32 Å². The predicted octanol–water partition coefficient (Wildman–Crippen LogP) is 4.74. The number of ether oxygens (including phenoxy) is 1. The zero-order valence-electron chi connectivity index (χ0n) is 10.5. The van der Waals surface area contributed by atoms with Crippen molar-refractivity contribution in [2.45, 2.75) is 32.3 Å². The first-order valence-electron chi connectivity index (χ1n) is 6.49. The van der Waals surface area contributed by atoms with E-state index in [1.807, 2.05) is 0 Å². The Hall–Kier alpha value is 0.580. The highest BCUT2D eigenvalue weighted by atomic mass is 79.9. The average molecular weight is 397 g/mol.